The average molecular weight is 338 g/mol. The van der Waals surface area contributed by atoms with Crippen LogP contribution in [0, 0.1) is 0 Å². The quantitative estimate of drug-likeness (QED) is 0.820. The average Bonchev–Trinajstić information content (AvgIpc) is 2.88. The van der Waals surface area contributed by atoms with E-state index in [1.165, 1.54) is 0 Å². The number of esters is 1. The molecule has 0 saturated heterocycles. The van der Waals surface area contributed by atoms with Crippen LogP contribution in [0.15, 0.2) is 34.9 Å². The molecule has 0 aliphatic rings. The summed E-state index contributed by atoms with van der Waals surface area (Å²) in [6.07, 6.45) is 2.08. The predicted molar refractivity (Wildman–Crippen MR) is 80.0 cm³/mol. The summed E-state index contributed by atoms with van der Waals surface area (Å²) in [6, 6.07) is 7.16. The van der Waals surface area contributed by atoms with Gasteiger partial charge in [0.25, 0.3) is 0 Å². The fourth-order valence-electron chi connectivity index (χ4n) is 1.90. The molecule has 2 rings (SSSR count). The van der Waals surface area contributed by atoms with Gasteiger partial charge in [0.05, 0.1) is 18.5 Å². The Morgan fingerprint density at radius 1 is 1.45 bits per heavy atom. The van der Waals surface area contributed by atoms with Gasteiger partial charge in [0.15, 0.2) is 0 Å². The van der Waals surface area contributed by atoms with Crippen LogP contribution in [0.25, 0.3) is 11.3 Å². The highest BCUT2D eigenvalue weighted by Crippen LogP contribution is 2.23. The lowest BCUT2D eigenvalue weighted by molar-refractivity contribution is -0.144. The Kier molecular flexibility index (Phi) is 4.92. The van der Waals surface area contributed by atoms with Crippen LogP contribution in [0.3, 0.4) is 0 Å². The van der Waals surface area contributed by atoms with Gasteiger partial charge in [-0.25, -0.2) is 0 Å². The highest BCUT2D eigenvalue weighted by atomic mass is 79.9. The smallest absolute Gasteiger partial charge is 0.323 e. The van der Waals surface area contributed by atoms with Crippen LogP contribution in [-0.4, -0.2) is 28.8 Å². The SMILES string of the molecule is CCOC(=O)C(N)Cc1cn[nH]c1-c1ccc(Br)cc1. The van der Waals surface area contributed by atoms with E-state index in [-0.39, 0.29) is 0 Å². The summed E-state index contributed by atoms with van der Waals surface area (Å²) in [7, 11) is 0. The van der Waals surface area contributed by atoms with Crippen molar-refractivity contribution in [2.75, 3.05) is 6.61 Å². The molecule has 0 saturated carbocycles. The van der Waals surface area contributed by atoms with E-state index in [1.54, 1.807) is 13.1 Å². The summed E-state index contributed by atoms with van der Waals surface area (Å²) in [5, 5.41) is 6.98. The van der Waals surface area contributed by atoms with Crippen LogP contribution >= 0.6 is 15.9 Å². The Morgan fingerprint density at radius 2 is 2.15 bits per heavy atom. The van der Waals surface area contributed by atoms with E-state index in [4.69, 9.17) is 10.5 Å². The standard InChI is InChI=1S/C14H16BrN3O2/c1-2-20-14(19)12(16)7-10-8-17-18-13(10)9-3-5-11(15)6-4-9/h3-6,8,12H,2,7,16H2,1H3,(H,17,18). The Labute approximate surface area is 125 Å². The third kappa shape index (κ3) is 3.46. The number of carbonyl (C=O) groups is 1. The topological polar surface area (TPSA) is 81.0 Å². The van der Waals surface area contributed by atoms with E-state index in [1.807, 2.05) is 24.3 Å². The number of nitrogens with zero attached hydrogens (tertiary/aromatic N) is 1. The first-order valence-electron chi connectivity index (χ1n) is 6.32. The maximum absolute atomic E-state index is 11.6. The van der Waals surface area contributed by atoms with E-state index in [2.05, 4.69) is 26.1 Å². The number of hydrogen-bond acceptors (Lipinski definition) is 4. The number of carbonyl (C=O) groups excluding carboxylic acids is 1. The number of nitrogens with one attached hydrogen (secondary N) is 1. The molecule has 0 bridgehead atoms. The largest absolute Gasteiger partial charge is 0.465 e. The van der Waals surface area contributed by atoms with Gasteiger partial charge >= 0.3 is 5.97 Å². The normalized spacial score (nSPS) is 12.2. The van der Waals surface area contributed by atoms with E-state index in [0.717, 1.165) is 21.3 Å². The molecule has 1 aromatic carbocycles. The first-order chi connectivity index (χ1) is 9.61. The Morgan fingerprint density at radius 3 is 2.80 bits per heavy atom. The van der Waals surface area contributed by atoms with Gasteiger partial charge in [-0.05, 0) is 30.2 Å². The zero-order valence-electron chi connectivity index (χ0n) is 11.1. The second-order valence-corrected chi connectivity index (χ2v) is 5.26. The van der Waals surface area contributed by atoms with Crippen LogP contribution in [0.4, 0.5) is 0 Å². The van der Waals surface area contributed by atoms with Gasteiger partial charge in [0.1, 0.15) is 6.04 Å². The lowest BCUT2D eigenvalue weighted by Crippen LogP contribution is -2.34. The molecule has 0 amide bonds. The number of aromatic nitrogens is 2. The summed E-state index contributed by atoms with van der Waals surface area (Å²) in [6.45, 7) is 2.09. The maximum Gasteiger partial charge on any atom is 0.323 e. The molecule has 5 nitrogen and oxygen atoms in total. The van der Waals surface area contributed by atoms with Crippen LogP contribution in [0.1, 0.15) is 12.5 Å². The van der Waals surface area contributed by atoms with Crippen molar-refractivity contribution >= 4 is 21.9 Å². The molecule has 6 heteroatoms. The van der Waals surface area contributed by atoms with Crippen molar-refractivity contribution < 1.29 is 9.53 Å². The molecule has 0 fully saturated rings. The molecular weight excluding hydrogens is 322 g/mol. The molecule has 1 heterocycles. The molecule has 0 spiro atoms. The third-order valence-electron chi connectivity index (χ3n) is 2.88. The molecule has 0 aliphatic heterocycles. The van der Waals surface area contributed by atoms with Gasteiger partial charge in [-0.3, -0.25) is 9.89 Å². The van der Waals surface area contributed by atoms with E-state index in [9.17, 15) is 4.79 Å². The molecule has 20 heavy (non-hydrogen) atoms. The van der Waals surface area contributed by atoms with Crippen molar-refractivity contribution in [2.45, 2.75) is 19.4 Å². The van der Waals surface area contributed by atoms with Crippen molar-refractivity contribution in [3.05, 3.63) is 40.5 Å². The minimum Gasteiger partial charge on any atom is -0.465 e. The first kappa shape index (κ1) is 14.7. The van der Waals surface area contributed by atoms with Gasteiger partial charge in [0.2, 0.25) is 0 Å². The number of nitrogens with two attached hydrogens (primary N) is 1. The molecule has 0 radical (unpaired) electrons. The molecule has 1 atom stereocenters. The van der Waals surface area contributed by atoms with Crippen molar-refractivity contribution in [2.24, 2.45) is 5.73 Å². The lowest BCUT2D eigenvalue weighted by Gasteiger charge is -2.10. The zero-order valence-corrected chi connectivity index (χ0v) is 12.7. The Hall–Kier alpha value is -1.66. The Balaban J connectivity index is 2.16. The highest BCUT2D eigenvalue weighted by Gasteiger charge is 2.18. The summed E-state index contributed by atoms with van der Waals surface area (Å²) in [4.78, 5) is 11.6. The van der Waals surface area contributed by atoms with Crippen molar-refractivity contribution in [1.82, 2.24) is 10.2 Å². The molecule has 1 aromatic heterocycles. The van der Waals surface area contributed by atoms with Crippen molar-refractivity contribution in [3.8, 4) is 11.3 Å². The van der Waals surface area contributed by atoms with Crippen molar-refractivity contribution in [1.29, 1.82) is 0 Å². The monoisotopic (exact) mass is 337 g/mol. The second-order valence-electron chi connectivity index (χ2n) is 4.34. The van der Waals surface area contributed by atoms with Gasteiger partial charge in [-0.2, -0.15) is 5.10 Å². The number of hydrogen-bond donors (Lipinski definition) is 2. The minimum absolute atomic E-state index is 0.331. The molecule has 1 unspecified atom stereocenters. The number of benzene rings is 1. The molecule has 2 aromatic rings. The first-order valence-corrected chi connectivity index (χ1v) is 7.11. The molecule has 106 valence electrons. The zero-order chi connectivity index (χ0) is 14.5. The summed E-state index contributed by atoms with van der Waals surface area (Å²) >= 11 is 3.40. The van der Waals surface area contributed by atoms with Gasteiger partial charge in [0, 0.05) is 10.9 Å². The summed E-state index contributed by atoms with van der Waals surface area (Å²) < 4.78 is 5.92. The van der Waals surface area contributed by atoms with Crippen LogP contribution in [0.2, 0.25) is 0 Å². The van der Waals surface area contributed by atoms with Gasteiger partial charge < -0.3 is 10.5 Å². The van der Waals surface area contributed by atoms with E-state index < -0.39 is 12.0 Å². The van der Waals surface area contributed by atoms with E-state index >= 15 is 0 Å². The fourth-order valence-corrected chi connectivity index (χ4v) is 2.17. The number of rotatable bonds is 5. The summed E-state index contributed by atoms with van der Waals surface area (Å²) in [5.41, 5.74) is 8.61. The highest BCUT2D eigenvalue weighted by molar-refractivity contribution is 9.10. The van der Waals surface area contributed by atoms with Crippen LogP contribution in [0.5, 0.6) is 0 Å². The Bertz CT molecular complexity index is 580. The fraction of sp³-hybridized carbons (Fsp3) is 0.286. The van der Waals surface area contributed by atoms with Crippen LogP contribution in [-0.2, 0) is 16.0 Å². The number of ether oxygens (including phenoxy) is 1. The third-order valence-corrected chi connectivity index (χ3v) is 3.41. The number of H-pyrrole nitrogens is 1. The minimum atomic E-state index is -0.679. The summed E-state index contributed by atoms with van der Waals surface area (Å²) in [5.74, 6) is -0.393. The molecule has 3 N–H and O–H groups in total. The molecular formula is C14H16BrN3O2. The number of halogens is 1. The lowest BCUT2D eigenvalue weighted by atomic mass is 10.0. The van der Waals surface area contributed by atoms with E-state index in [0.29, 0.717) is 13.0 Å². The van der Waals surface area contributed by atoms with Crippen LogP contribution < -0.4 is 5.73 Å². The van der Waals surface area contributed by atoms with Gasteiger partial charge in [-0.1, -0.05) is 28.1 Å². The van der Waals surface area contributed by atoms with Crippen molar-refractivity contribution in [3.63, 3.8) is 0 Å². The maximum atomic E-state index is 11.6. The molecule has 0 aliphatic carbocycles. The predicted octanol–water partition coefficient (Wildman–Crippen LogP) is 2.27. The second kappa shape index (κ2) is 6.67. The number of aromatic amines is 1. The van der Waals surface area contributed by atoms with Gasteiger partial charge in [-0.15, -0.1) is 0 Å².